The summed E-state index contributed by atoms with van der Waals surface area (Å²) in [6, 6.07) is 5.61. The first kappa shape index (κ1) is 11.3. The number of carbonyl (C=O) groups excluding carboxylic acids is 1. The molecule has 16 heavy (non-hydrogen) atoms. The molecule has 0 unspecified atom stereocenters. The Balaban J connectivity index is 2.21. The molecule has 3 nitrogen and oxygen atoms in total. The minimum Gasteiger partial charge on any atom is -0.298 e. The molecule has 2 rings (SSSR count). The van der Waals surface area contributed by atoms with Crippen molar-refractivity contribution in [3.63, 3.8) is 0 Å². The summed E-state index contributed by atoms with van der Waals surface area (Å²) < 4.78 is 0.793. The Labute approximate surface area is 106 Å². The molecule has 1 N–H and O–H groups in total. The first-order chi connectivity index (χ1) is 7.66. The van der Waals surface area contributed by atoms with Crippen LogP contribution < -0.4 is 5.32 Å². The SMILES string of the molecule is Cc1ccc(C(=O)Nc2nccs2)c(Br)c1. The molecule has 1 amide bonds. The molecular weight excluding hydrogens is 288 g/mol. The molecule has 5 heteroatoms. The summed E-state index contributed by atoms with van der Waals surface area (Å²) in [6.07, 6.45) is 1.66. The summed E-state index contributed by atoms with van der Waals surface area (Å²) in [5, 5.41) is 5.16. The average Bonchev–Trinajstić information content (AvgIpc) is 2.70. The first-order valence-corrected chi connectivity index (χ1v) is 6.31. The standard InChI is InChI=1S/C11H9BrN2OS/c1-7-2-3-8(9(12)6-7)10(15)14-11-13-4-5-16-11/h2-6H,1H3,(H,13,14,15). The molecule has 0 radical (unpaired) electrons. The third kappa shape index (κ3) is 2.48. The van der Waals surface area contributed by atoms with Crippen molar-refractivity contribution in [2.45, 2.75) is 6.92 Å². The van der Waals surface area contributed by atoms with Gasteiger partial charge < -0.3 is 0 Å². The summed E-state index contributed by atoms with van der Waals surface area (Å²) in [5.41, 5.74) is 1.72. The van der Waals surface area contributed by atoms with Crippen LogP contribution in [0, 0.1) is 6.92 Å². The van der Waals surface area contributed by atoms with Gasteiger partial charge in [-0.1, -0.05) is 6.07 Å². The van der Waals surface area contributed by atoms with Crippen LogP contribution in [0.3, 0.4) is 0 Å². The zero-order valence-corrected chi connectivity index (χ0v) is 10.9. The van der Waals surface area contributed by atoms with E-state index >= 15 is 0 Å². The topological polar surface area (TPSA) is 42.0 Å². The van der Waals surface area contributed by atoms with Gasteiger partial charge in [-0.05, 0) is 40.5 Å². The van der Waals surface area contributed by atoms with E-state index in [0.29, 0.717) is 10.7 Å². The van der Waals surface area contributed by atoms with Crippen LogP contribution in [0.5, 0.6) is 0 Å². The second-order valence-corrected chi connectivity index (χ2v) is 5.02. The molecule has 0 atom stereocenters. The van der Waals surface area contributed by atoms with Crippen molar-refractivity contribution >= 4 is 38.3 Å². The van der Waals surface area contributed by atoms with Crippen molar-refractivity contribution in [3.05, 3.63) is 45.4 Å². The maximum atomic E-state index is 11.9. The van der Waals surface area contributed by atoms with Crippen LogP contribution >= 0.6 is 27.3 Å². The average molecular weight is 297 g/mol. The van der Waals surface area contributed by atoms with Crippen molar-refractivity contribution in [2.75, 3.05) is 5.32 Å². The van der Waals surface area contributed by atoms with Crippen molar-refractivity contribution in [2.24, 2.45) is 0 Å². The predicted molar refractivity (Wildman–Crippen MR) is 68.9 cm³/mol. The largest absolute Gasteiger partial charge is 0.298 e. The summed E-state index contributed by atoms with van der Waals surface area (Å²) >= 11 is 4.77. The van der Waals surface area contributed by atoms with Gasteiger partial charge in [0.15, 0.2) is 5.13 Å². The molecule has 0 spiro atoms. The third-order valence-corrected chi connectivity index (χ3v) is 3.37. The van der Waals surface area contributed by atoms with E-state index in [9.17, 15) is 4.79 Å². The highest BCUT2D eigenvalue weighted by molar-refractivity contribution is 9.10. The molecule has 1 heterocycles. The highest BCUT2D eigenvalue weighted by Crippen LogP contribution is 2.20. The second-order valence-electron chi connectivity index (χ2n) is 3.27. The predicted octanol–water partition coefficient (Wildman–Crippen LogP) is 3.47. The van der Waals surface area contributed by atoms with Crippen LogP contribution in [0.1, 0.15) is 15.9 Å². The molecule has 1 aromatic heterocycles. The van der Waals surface area contributed by atoms with Gasteiger partial charge in [0.25, 0.3) is 5.91 Å². The maximum Gasteiger partial charge on any atom is 0.258 e. The number of benzene rings is 1. The Morgan fingerprint density at radius 2 is 2.31 bits per heavy atom. The molecule has 0 saturated heterocycles. The molecule has 0 aliphatic heterocycles. The lowest BCUT2D eigenvalue weighted by Gasteiger charge is -2.04. The molecule has 82 valence electrons. The molecule has 1 aromatic carbocycles. The number of hydrogen-bond donors (Lipinski definition) is 1. The molecule has 2 aromatic rings. The molecule has 0 bridgehead atoms. The number of rotatable bonds is 2. The lowest BCUT2D eigenvalue weighted by atomic mass is 10.1. The number of thiazole rings is 1. The number of nitrogens with one attached hydrogen (secondary N) is 1. The smallest absolute Gasteiger partial charge is 0.258 e. The lowest BCUT2D eigenvalue weighted by Crippen LogP contribution is -2.12. The van der Waals surface area contributed by atoms with Gasteiger partial charge in [0.1, 0.15) is 0 Å². The van der Waals surface area contributed by atoms with Crippen LogP contribution in [-0.2, 0) is 0 Å². The van der Waals surface area contributed by atoms with Crippen LogP contribution in [0.4, 0.5) is 5.13 Å². The van der Waals surface area contributed by atoms with Gasteiger partial charge in [-0.3, -0.25) is 10.1 Å². The fourth-order valence-electron chi connectivity index (χ4n) is 1.25. The number of anilines is 1. The van der Waals surface area contributed by atoms with Gasteiger partial charge in [-0.25, -0.2) is 4.98 Å². The van der Waals surface area contributed by atoms with Crippen molar-refractivity contribution in [1.29, 1.82) is 0 Å². The van der Waals surface area contributed by atoms with E-state index in [0.717, 1.165) is 10.0 Å². The number of aryl methyl sites for hydroxylation is 1. The number of nitrogens with zero attached hydrogens (tertiary/aromatic N) is 1. The third-order valence-electron chi connectivity index (χ3n) is 2.02. The van der Waals surface area contributed by atoms with Crippen molar-refractivity contribution in [1.82, 2.24) is 4.98 Å². The van der Waals surface area contributed by atoms with Gasteiger partial charge in [0, 0.05) is 16.0 Å². The summed E-state index contributed by atoms with van der Waals surface area (Å²) in [4.78, 5) is 15.9. The lowest BCUT2D eigenvalue weighted by molar-refractivity contribution is 0.102. The number of halogens is 1. The first-order valence-electron chi connectivity index (χ1n) is 4.64. The van der Waals surface area contributed by atoms with Gasteiger partial charge in [-0.2, -0.15) is 0 Å². The van der Waals surface area contributed by atoms with E-state index in [1.807, 2.05) is 24.4 Å². The quantitative estimate of drug-likeness (QED) is 0.922. The van der Waals surface area contributed by atoms with Crippen LogP contribution in [0.25, 0.3) is 0 Å². The highest BCUT2D eigenvalue weighted by Gasteiger charge is 2.10. The van der Waals surface area contributed by atoms with Gasteiger partial charge in [0.05, 0.1) is 5.56 Å². The number of carbonyl (C=O) groups is 1. The van der Waals surface area contributed by atoms with E-state index in [4.69, 9.17) is 0 Å². The van der Waals surface area contributed by atoms with Gasteiger partial charge in [-0.15, -0.1) is 11.3 Å². The fraction of sp³-hybridized carbons (Fsp3) is 0.0909. The number of hydrogen-bond acceptors (Lipinski definition) is 3. The summed E-state index contributed by atoms with van der Waals surface area (Å²) in [7, 11) is 0. The van der Waals surface area contributed by atoms with Gasteiger partial charge in [0.2, 0.25) is 0 Å². The van der Waals surface area contributed by atoms with Crippen LogP contribution in [0.2, 0.25) is 0 Å². The monoisotopic (exact) mass is 296 g/mol. The Hall–Kier alpha value is -1.20. The zero-order valence-electron chi connectivity index (χ0n) is 8.53. The highest BCUT2D eigenvalue weighted by atomic mass is 79.9. The van der Waals surface area contributed by atoms with Crippen LogP contribution in [-0.4, -0.2) is 10.9 Å². The van der Waals surface area contributed by atoms with E-state index in [-0.39, 0.29) is 5.91 Å². The number of amides is 1. The van der Waals surface area contributed by atoms with Crippen molar-refractivity contribution in [3.8, 4) is 0 Å². The Kier molecular flexibility index (Phi) is 3.36. The maximum absolute atomic E-state index is 11.9. The van der Waals surface area contributed by atoms with Crippen molar-refractivity contribution < 1.29 is 4.79 Å². The Morgan fingerprint density at radius 3 is 2.94 bits per heavy atom. The Bertz CT molecular complexity index is 511. The minimum absolute atomic E-state index is 0.151. The Morgan fingerprint density at radius 1 is 1.50 bits per heavy atom. The molecule has 0 aliphatic rings. The van der Waals surface area contributed by atoms with E-state index in [2.05, 4.69) is 26.2 Å². The molecule has 0 aliphatic carbocycles. The van der Waals surface area contributed by atoms with E-state index in [1.165, 1.54) is 11.3 Å². The second kappa shape index (κ2) is 4.76. The minimum atomic E-state index is -0.151. The van der Waals surface area contributed by atoms with E-state index in [1.54, 1.807) is 12.3 Å². The van der Waals surface area contributed by atoms with Gasteiger partial charge >= 0.3 is 0 Å². The van der Waals surface area contributed by atoms with Crippen LogP contribution in [0.15, 0.2) is 34.2 Å². The molecular formula is C11H9BrN2OS. The summed E-state index contributed by atoms with van der Waals surface area (Å²) in [6.45, 7) is 1.98. The summed E-state index contributed by atoms with van der Waals surface area (Å²) in [5.74, 6) is -0.151. The molecule has 0 saturated carbocycles. The molecule has 0 fully saturated rings. The fourth-order valence-corrected chi connectivity index (χ4v) is 2.45. The zero-order chi connectivity index (χ0) is 11.5. The van der Waals surface area contributed by atoms with E-state index < -0.39 is 0 Å². The normalized spacial score (nSPS) is 10.1. The number of aromatic nitrogens is 1.